The van der Waals surface area contributed by atoms with Crippen LogP contribution in [0.15, 0.2) is 30.5 Å². The minimum absolute atomic E-state index is 0.304. The van der Waals surface area contributed by atoms with Gasteiger partial charge in [-0.2, -0.15) is 0 Å². The van der Waals surface area contributed by atoms with Gasteiger partial charge >= 0.3 is 5.97 Å². The van der Waals surface area contributed by atoms with E-state index in [4.69, 9.17) is 5.11 Å². The lowest BCUT2D eigenvalue weighted by molar-refractivity contribution is -0.141. The number of hydrogen-bond acceptors (Lipinski definition) is 4. The van der Waals surface area contributed by atoms with E-state index in [1.54, 1.807) is 6.20 Å². The summed E-state index contributed by atoms with van der Waals surface area (Å²) in [6, 6.07) is 7.70. The lowest BCUT2D eigenvalue weighted by Crippen LogP contribution is -2.39. The highest BCUT2D eigenvalue weighted by Gasteiger charge is 2.26. The smallest absolute Gasteiger partial charge is 0.308 e. The van der Waals surface area contributed by atoms with Crippen LogP contribution in [-0.2, 0) is 4.79 Å². The Kier molecular flexibility index (Phi) is 3.03. The van der Waals surface area contributed by atoms with Crippen molar-refractivity contribution in [1.29, 1.82) is 0 Å². The number of aromatic nitrogens is 2. The van der Waals surface area contributed by atoms with E-state index in [-0.39, 0.29) is 5.92 Å². The molecule has 0 aliphatic carbocycles. The standard InChI is InChI=1S/C14H15N3O2/c18-14(19)10-4-3-7-17(9-10)13-8-15-11-5-1-2-6-12(11)16-13/h1-2,5-6,8,10H,3-4,7,9H2,(H,18,19)/t10-/m1/s1. The van der Waals surface area contributed by atoms with Gasteiger partial charge in [-0.1, -0.05) is 12.1 Å². The summed E-state index contributed by atoms with van der Waals surface area (Å²) in [6.45, 7) is 1.36. The molecule has 1 saturated heterocycles. The van der Waals surface area contributed by atoms with Gasteiger partial charge in [0.15, 0.2) is 0 Å². The first kappa shape index (κ1) is 11.9. The zero-order chi connectivity index (χ0) is 13.2. The highest BCUT2D eigenvalue weighted by molar-refractivity contribution is 5.75. The molecule has 1 aliphatic heterocycles. The molecular weight excluding hydrogens is 242 g/mol. The first-order valence-corrected chi connectivity index (χ1v) is 6.43. The molecular formula is C14H15N3O2. The van der Waals surface area contributed by atoms with Crippen molar-refractivity contribution in [2.24, 2.45) is 5.92 Å². The SMILES string of the molecule is O=C(O)[C@@H]1CCCN(c2cnc3ccccc3n2)C1. The molecule has 1 N–H and O–H groups in total. The van der Waals surface area contributed by atoms with Crippen molar-refractivity contribution in [1.82, 2.24) is 9.97 Å². The molecule has 0 bridgehead atoms. The number of benzene rings is 1. The van der Waals surface area contributed by atoms with E-state index in [2.05, 4.69) is 9.97 Å². The molecule has 1 aromatic carbocycles. The van der Waals surface area contributed by atoms with Crippen molar-refractivity contribution in [3.05, 3.63) is 30.5 Å². The number of carbonyl (C=O) groups is 1. The number of fused-ring (bicyclic) bond motifs is 1. The van der Waals surface area contributed by atoms with Gasteiger partial charge in [-0.05, 0) is 25.0 Å². The fourth-order valence-corrected chi connectivity index (χ4v) is 2.49. The average molecular weight is 257 g/mol. The Balaban J connectivity index is 1.89. The second-order valence-electron chi connectivity index (χ2n) is 4.84. The van der Waals surface area contributed by atoms with E-state index in [1.807, 2.05) is 29.2 Å². The van der Waals surface area contributed by atoms with Crippen LogP contribution in [0.1, 0.15) is 12.8 Å². The quantitative estimate of drug-likeness (QED) is 0.890. The third-order valence-corrected chi connectivity index (χ3v) is 3.53. The number of carboxylic acids is 1. The number of carboxylic acid groups (broad SMARTS) is 1. The van der Waals surface area contributed by atoms with Crippen molar-refractivity contribution >= 4 is 22.8 Å². The predicted molar refractivity (Wildman–Crippen MR) is 72.1 cm³/mol. The number of hydrogen-bond donors (Lipinski definition) is 1. The number of para-hydroxylation sites is 2. The minimum Gasteiger partial charge on any atom is -0.481 e. The Bertz CT molecular complexity index is 614. The van der Waals surface area contributed by atoms with Crippen LogP contribution >= 0.6 is 0 Å². The summed E-state index contributed by atoms with van der Waals surface area (Å²) in [5.41, 5.74) is 1.70. The molecule has 5 nitrogen and oxygen atoms in total. The molecule has 19 heavy (non-hydrogen) atoms. The van der Waals surface area contributed by atoms with Crippen LogP contribution in [0.25, 0.3) is 11.0 Å². The first-order chi connectivity index (χ1) is 9.24. The molecule has 0 radical (unpaired) electrons. The summed E-state index contributed by atoms with van der Waals surface area (Å²) in [5.74, 6) is -0.259. The van der Waals surface area contributed by atoms with E-state index in [0.29, 0.717) is 6.54 Å². The summed E-state index contributed by atoms with van der Waals surface area (Å²) < 4.78 is 0. The van der Waals surface area contributed by atoms with Crippen LogP contribution in [0.4, 0.5) is 5.82 Å². The second kappa shape index (κ2) is 4.84. The largest absolute Gasteiger partial charge is 0.481 e. The van der Waals surface area contributed by atoms with Gasteiger partial charge in [0.2, 0.25) is 0 Å². The Morgan fingerprint density at radius 1 is 1.32 bits per heavy atom. The highest BCUT2D eigenvalue weighted by atomic mass is 16.4. The number of nitrogens with zero attached hydrogens (tertiary/aromatic N) is 3. The summed E-state index contributed by atoms with van der Waals surface area (Å²) >= 11 is 0. The van der Waals surface area contributed by atoms with Gasteiger partial charge in [-0.25, -0.2) is 4.98 Å². The number of anilines is 1. The molecule has 2 heterocycles. The fourth-order valence-electron chi connectivity index (χ4n) is 2.49. The van der Waals surface area contributed by atoms with Gasteiger partial charge in [-0.15, -0.1) is 0 Å². The number of aliphatic carboxylic acids is 1. The third kappa shape index (κ3) is 2.36. The molecule has 5 heteroatoms. The molecule has 1 fully saturated rings. The van der Waals surface area contributed by atoms with Gasteiger partial charge in [0.05, 0.1) is 23.1 Å². The van der Waals surface area contributed by atoms with Gasteiger partial charge in [0.1, 0.15) is 5.82 Å². The van der Waals surface area contributed by atoms with Crippen molar-refractivity contribution in [3.63, 3.8) is 0 Å². The Morgan fingerprint density at radius 2 is 2.11 bits per heavy atom. The second-order valence-corrected chi connectivity index (χ2v) is 4.84. The van der Waals surface area contributed by atoms with Crippen molar-refractivity contribution in [2.45, 2.75) is 12.8 Å². The first-order valence-electron chi connectivity index (χ1n) is 6.43. The van der Waals surface area contributed by atoms with Crippen LogP contribution in [0.5, 0.6) is 0 Å². The minimum atomic E-state index is -0.724. The normalized spacial score (nSPS) is 19.6. The molecule has 0 spiro atoms. The van der Waals surface area contributed by atoms with Crippen LogP contribution in [0, 0.1) is 5.92 Å². The van der Waals surface area contributed by atoms with Gasteiger partial charge in [-0.3, -0.25) is 9.78 Å². The van der Waals surface area contributed by atoms with Crippen LogP contribution in [-0.4, -0.2) is 34.1 Å². The summed E-state index contributed by atoms with van der Waals surface area (Å²) in [5, 5.41) is 9.11. The zero-order valence-electron chi connectivity index (χ0n) is 10.5. The molecule has 2 aromatic rings. The number of rotatable bonds is 2. The van der Waals surface area contributed by atoms with Gasteiger partial charge in [0, 0.05) is 13.1 Å². The van der Waals surface area contributed by atoms with Crippen molar-refractivity contribution in [3.8, 4) is 0 Å². The lowest BCUT2D eigenvalue weighted by Gasteiger charge is -2.31. The molecule has 1 aromatic heterocycles. The third-order valence-electron chi connectivity index (χ3n) is 3.53. The van der Waals surface area contributed by atoms with E-state index in [0.717, 1.165) is 36.2 Å². The molecule has 98 valence electrons. The van der Waals surface area contributed by atoms with E-state index in [9.17, 15) is 4.79 Å². The Morgan fingerprint density at radius 3 is 2.89 bits per heavy atom. The van der Waals surface area contributed by atoms with Crippen LogP contribution in [0.3, 0.4) is 0 Å². The van der Waals surface area contributed by atoms with Gasteiger partial charge < -0.3 is 10.0 Å². The van der Waals surface area contributed by atoms with Crippen LogP contribution < -0.4 is 4.90 Å². The van der Waals surface area contributed by atoms with Crippen LogP contribution in [0.2, 0.25) is 0 Å². The molecule has 1 aliphatic rings. The van der Waals surface area contributed by atoms with E-state index < -0.39 is 5.97 Å². The van der Waals surface area contributed by atoms with E-state index >= 15 is 0 Å². The maximum absolute atomic E-state index is 11.1. The van der Waals surface area contributed by atoms with Gasteiger partial charge in [0.25, 0.3) is 0 Å². The average Bonchev–Trinajstić information content (AvgIpc) is 2.47. The lowest BCUT2D eigenvalue weighted by atomic mass is 9.98. The monoisotopic (exact) mass is 257 g/mol. The Hall–Kier alpha value is -2.17. The van der Waals surface area contributed by atoms with Crippen molar-refractivity contribution < 1.29 is 9.90 Å². The predicted octanol–water partition coefficient (Wildman–Crippen LogP) is 1.93. The Labute approximate surface area is 110 Å². The topological polar surface area (TPSA) is 66.3 Å². The summed E-state index contributed by atoms with van der Waals surface area (Å²) in [7, 11) is 0. The molecule has 0 amide bonds. The van der Waals surface area contributed by atoms with E-state index in [1.165, 1.54) is 0 Å². The maximum atomic E-state index is 11.1. The number of piperidine rings is 1. The molecule has 0 unspecified atom stereocenters. The molecule has 1 atom stereocenters. The highest BCUT2D eigenvalue weighted by Crippen LogP contribution is 2.22. The zero-order valence-corrected chi connectivity index (χ0v) is 10.5. The molecule has 3 rings (SSSR count). The summed E-state index contributed by atoms with van der Waals surface area (Å²) in [4.78, 5) is 22.0. The maximum Gasteiger partial charge on any atom is 0.308 e. The fraction of sp³-hybridized carbons (Fsp3) is 0.357. The van der Waals surface area contributed by atoms with Crippen molar-refractivity contribution in [2.75, 3.05) is 18.0 Å². The summed E-state index contributed by atoms with van der Waals surface area (Å²) in [6.07, 6.45) is 3.35. The molecule has 0 saturated carbocycles.